The molecule has 0 atom stereocenters. The van der Waals surface area contributed by atoms with Crippen LogP contribution in [-0.4, -0.2) is 6.03 Å². The number of benzene rings is 1. The Morgan fingerprint density at radius 1 is 1.43 bits per heavy atom. The van der Waals surface area contributed by atoms with Gasteiger partial charge in [-0.05, 0) is 35.0 Å². The topological polar surface area (TPSA) is 41.1 Å². The Hall–Kier alpha value is -1.29. The van der Waals surface area contributed by atoms with Gasteiger partial charge in [0, 0.05) is 10.7 Å². The van der Waals surface area contributed by atoms with Crippen LogP contribution in [0.1, 0.15) is 6.92 Å². The minimum Gasteiger partial charge on any atom is -0.315 e. The van der Waals surface area contributed by atoms with Crippen molar-refractivity contribution in [2.45, 2.75) is 6.92 Å². The Morgan fingerprint density at radius 2 is 2.14 bits per heavy atom. The molecule has 0 radical (unpaired) electrons. The van der Waals surface area contributed by atoms with Crippen LogP contribution in [0.4, 0.5) is 10.5 Å². The zero-order valence-corrected chi connectivity index (χ0v) is 9.34. The fraction of sp³-hybridized carbons (Fsp3) is 0.100. The fourth-order valence-electron chi connectivity index (χ4n) is 0.880. The Kier molecular flexibility index (Phi) is 4.19. The van der Waals surface area contributed by atoms with Crippen LogP contribution in [0.3, 0.4) is 0 Å². The van der Waals surface area contributed by atoms with Gasteiger partial charge in [-0.1, -0.05) is 18.2 Å². The van der Waals surface area contributed by atoms with Crippen molar-refractivity contribution in [2.75, 3.05) is 5.32 Å². The molecule has 1 aromatic carbocycles. The lowest BCUT2D eigenvalue weighted by Gasteiger charge is -2.05. The van der Waals surface area contributed by atoms with Crippen LogP contribution in [0.15, 0.2) is 41.0 Å². The first-order chi connectivity index (χ1) is 6.74. The van der Waals surface area contributed by atoms with Gasteiger partial charge < -0.3 is 10.6 Å². The highest BCUT2D eigenvalue weighted by Gasteiger charge is 2.01. The summed E-state index contributed by atoms with van der Waals surface area (Å²) in [4.78, 5) is 11.2. The Labute approximate surface area is 91.3 Å². The SMILES string of the molecule is C/C=C/NC(=O)Nc1ccccc1Br. The smallest absolute Gasteiger partial charge is 0.315 e. The number of carbonyl (C=O) groups is 1. The molecule has 0 heterocycles. The van der Waals surface area contributed by atoms with E-state index in [-0.39, 0.29) is 6.03 Å². The van der Waals surface area contributed by atoms with Gasteiger partial charge in [0.05, 0.1) is 5.69 Å². The van der Waals surface area contributed by atoms with Gasteiger partial charge in [-0.25, -0.2) is 4.79 Å². The van der Waals surface area contributed by atoms with Gasteiger partial charge in [0.25, 0.3) is 0 Å². The molecular weight excluding hydrogens is 244 g/mol. The Balaban J connectivity index is 2.60. The van der Waals surface area contributed by atoms with E-state index in [1.165, 1.54) is 0 Å². The highest BCUT2D eigenvalue weighted by Crippen LogP contribution is 2.20. The van der Waals surface area contributed by atoms with Crippen LogP contribution >= 0.6 is 15.9 Å². The molecule has 1 rings (SSSR count). The molecule has 4 heteroatoms. The number of rotatable bonds is 2. The normalized spacial score (nSPS) is 10.1. The molecule has 0 bridgehead atoms. The molecule has 14 heavy (non-hydrogen) atoms. The largest absolute Gasteiger partial charge is 0.323 e. The minimum absolute atomic E-state index is 0.255. The molecule has 0 aliphatic rings. The Morgan fingerprint density at radius 3 is 2.79 bits per heavy atom. The molecular formula is C10H11BrN2O. The average molecular weight is 255 g/mol. The molecule has 3 nitrogen and oxygen atoms in total. The van der Waals surface area contributed by atoms with E-state index in [1.807, 2.05) is 31.2 Å². The van der Waals surface area contributed by atoms with Crippen molar-refractivity contribution in [3.8, 4) is 0 Å². The number of hydrogen-bond acceptors (Lipinski definition) is 1. The molecule has 0 aromatic heterocycles. The summed E-state index contributed by atoms with van der Waals surface area (Å²) in [6.07, 6.45) is 3.33. The summed E-state index contributed by atoms with van der Waals surface area (Å²) >= 11 is 3.33. The molecule has 0 aliphatic carbocycles. The molecule has 1 aromatic rings. The first kappa shape index (κ1) is 10.8. The Bertz CT molecular complexity index is 350. The number of halogens is 1. The second kappa shape index (κ2) is 5.44. The molecule has 0 spiro atoms. The monoisotopic (exact) mass is 254 g/mol. The van der Waals surface area contributed by atoms with Gasteiger partial charge in [-0.3, -0.25) is 0 Å². The summed E-state index contributed by atoms with van der Waals surface area (Å²) in [6.45, 7) is 1.83. The number of nitrogens with one attached hydrogen (secondary N) is 2. The van der Waals surface area contributed by atoms with Crippen molar-refractivity contribution >= 4 is 27.6 Å². The maximum absolute atomic E-state index is 11.2. The molecule has 0 saturated heterocycles. The number of urea groups is 1. The fourth-order valence-corrected chi connectivity index (χ4v) is 1.26. The zero-order valence-electron chi connectivity index (χ0n) is 7.75. The lowest BCUT2D eigenvalue weighted by molar-refractivity contribution is 0.255. The molecule has 2 amide bonds. The van der Waals surface area contributed by atoms with Gasteiger partial charge in [0.2, 0.25) is 0 Å². The van der Waals surface area contributed by atoms with Gasteiger partial charge >= 0.3 is 6.03 Å². The highest BCUT2D eigenvalue weighted by molar-refractivity contribution is 9.10. The van der Waals surface area contributed by atoms with Crippen LogP contribution in [0.5, 0.6) is 0 Å². The van der Waals surface area contributed by atoms with Crippen LogP contribution in [0, 0.1) is 0 Å². The van der Waals surface area contributed by atoms with E-state index in [2.05, 4.69) is 26.6 Å². The second-order valence-corrected chi connectivity index (χ2v) is 3.43. The molecule has 74 valence electrons. The second-order valence-electron chi connectivity index (χ2n) is 2.58. The van der Waals surface area contributed by atoms with Gasteiger partial charge in [0.15, 0.2) is 0 Å². The third-order valence-electron chi connectivity index (χ3n) is 1.50. The predicted octanol–water partition coefficient (Wildman–Crippen LogP) is 3.10. The van der Waals surface area contributed by atoms with Gasteiger partial charge in [-0.2, -0.15) is 0 Å². The van der Waals surface area contributed by atoms with Crippen molar-refractivity contribution < 1.29 is 4.79 Å². The summed E-state index contributed by atoms with van der Waals surface area (Å²) in [7, 11) is 0. The summed E-state index contributed by atoms with van der Waals surface area (Å²) in [6, 6.07) is 7.18. The van der Waals surface area contributed by atoms with E-state index >= 15 is 0 Å². The van der Waals surface area contributed by atoms with Crippen LogP contribution in [0.2, 0.25) is 0 Å². The summed E-state index contributed by atoms with van der Waals surface area (Å²) in [5, 5.41) is 5.25. The van der Waals surface area contributed by atoms with Crippen molar-refractivity contribution in [3.05, 3.63) is 41.0 Å². The molecule has 0 aliphatic heterocycles. The molecule has 0 fully saturated rings. The number of para-hydroxylation sites is 1. The number of anilines is 1. The molecule has 2 N–H and O–H groups in total. The van der Waals surface area contributed by atoms with Crippen LogP contribution < -0.4 is 10.6 Å². The van der Waals surface area contributed by atoms with E-state index in [1.54, 1.807) is 12.3 Å². The number of allylic oxidation sites excluding steroid dienone is 1. The number of carbonyl (C=O) groups excluding carboxylic acids is 1. The van der Waals surface area contributed by atoms with Crippen molar-refractivity contribution in [1.82, 2.24) is 5.32 Å². The maximum atomic E-state index is 11.2. The number of amides is 2. The third kappa shape index (κ3) is 3.22. The quantitative estimate of drug-likeness (QED) is 0.837. The molecule has 0 unspecified atom stereocenters. The average Bonchev–Trinajstić information content (AvgIpc) is 2.18. The predicted molar refractivity (Wildman–Crippen MR) is 61.1 cm³/mol. The van der Waals surface area contributed by atoms with E-state index < -0.39 is 0 Å². The van der Waals surface area contributed by atoms with Gasteiger partial charge in [0.1, 0.15) is 0 Å². The lowest BCUT2D eigenvalue weighted by Crippen LogP contribution is -2.23. The van der Waals surface area contributed by atoms with Crippen molar-refractivity contribution in [2.24, 2.45) is 0 Å². The standard InChI is InChI=1S/C10H11BrN2O/c1-2-7-12-10(14)13-9-6-4-3-5-8(9)11/h2-7H,1H3,(H2,12,13,14)/b7-2+. The van der Waals surface area contributed by atoms with Crippen LogP contribution in [-0.2, 0) is 0 Å². The minimum atomic E-state index is -0.255. The number of hydrogen-bond donors (Lipinski definition) is 2. The van der Waals surface area contributed by atoms with E-state index in [9.17, 15) is 4.79 Å². The summed E-state index contributed by atoms with van der Waals surface area (Å²) in [5.41, 5.74) is 0.745. The highest BCUT2D eigenvalue weighted by atomic mass is 79.9. The lowest BCUT2D eigenvalue weighted by atomic mass is 10.3. The van der Waals surface area contributed by atoms with E-state index in [4.69, 9.17) is 0 Å². The summed E-state index contributed by atoms with van der Waals surface area (Å²) < 4.78 is 0.857. The summed E-state index contributed by atoms with van der Waals surface area (Å²) in [5.74, 6) is 0. The van der Waals surface area contributed by atoms with E-state index in [0.29, 0.717) is 0 Å². The first-order valence-corrected chi connectivity index (χ1v) is 4.96. The first-order valence-electron chi connectivity index (χ1n) is 4.17. The zero-order chi connectivity index (χ0) is 10.4. The van der Waals surface area contributed by atoms with Gasteiger partial charge in [-0.15, -0.1) is 0 Å². The van der Waals surface area contributed by atoms with E-state index in [0.717, 1.165) is 10.2 Å². The molecule has 0 saturated carbocycles. The maximum Gasteiger partial charge on any atom is 0.323 e. The van der Waals surface area contributed by atoms with Crippen molar-refractivity contribution in [1.29, 1.82) is 0 Å². The third-order valence-corrected chi connectivity index (χ3v) is 2.19. The van der Waals surface area contributed by atoms with Crippen LogP contribution in [0.25, 0.3) is 0 Å². The van der Waals surface area contributed by atoms with Crippen molar-refractivity contribution in [3.63, 3.8) is 0 Å².